The molecule has 0 fully saturated rings. The number of hydrogen-bond acceptors (Lipinski definition) is 3. The van der Waals surface area contributed by atoms with Gasteiger partial charge in [-0.05, 0) is 43.7 Å². The van der Waals surface area contributed by atoms with E-state index in [1.54, 1.807) is 38.1 Å². The number of nitrogens with two attached hydrogens (primary N) is 1. The zero-order chi connectivity index (χ0) is 15.6. The van der Waals surface area contributed by atoms with Gasteiger partial charge in [0.15, 0.2) is 0 Å². The average molecular weight is 308 g/mol. The highest BCUT2D eigenvalue weighted by atomic mass is 32.2. The van der Waals surface area contributed by atoms with Gasteiger partial charge < -0.3 is 5.73 Å². The first-order chi connectivity index (χ1) is 9.87. The topological polar surface area (TPSA) is 63.4 Å². The maximum atomic E-state index is 13.4. The van der Waals surface area contributed by atoms with Gasteiger partial charge in [-0.15, -0.1) is 0 Å². The third-order valence-electron chi connectivity index (χ3n) is 3.19. The summed E-state index contributed by atoms with van der Waals surface area (Å²) in [5.41, 5.74) is 6.22. The first-order valence-corrected chi connectivity index (χ1v) is 7.95. The second-order valence-corrected chi connectivity index (χ2v) is 6.48. The standard InChI is InChI=1S/C15H17FN2O2S/c1-3-18(12-7-5-4-6-8-12)21(19,20)15-10-14(17)13(16)9-11(15)2/h4-10H,3,17H2,1-2H3. The van der Waals surface area contributed by atoms with Crippen LogP contribution in [0.25, 0.3) is 0 Å². The third kappa shape index (κ3) is 2.85. The Labute approximate surface area is 124 Å². The lowest BCUT2D eigenvalue weighted by atomic mass is 10.2. The van der Waals surface area contributed by atoms with E-state index in [2.05, 4.69) is 0 Å². The number of halogens is 1. The molecule has 6 heteroatoms. The van der Waals surface area contributed by atoms with Crippen molar-refractivity contribution in [2.45, 2.75) is 18.7 Å². The first kappa shape index (κ1) is 15.3. The number of benzene rings is 2. The van der Waals surface area contributed by atoms with Crippen molar-refractivity contribution < 1.29 is 12.8 Å². The monoisotopic (exact) mass is 308 g/mol. The van der Waals surface area contributed by atoms with Crippen LogP contribution in [0.4, 0.5) is 15.8 Å². The Kier molecular flexibility index (Phi) is 4.18. The number of anilines is 2. The van der Waals surface area contributed by atoms with Crippen molar-refractivity contribution in [3.63, 3.8) is 0 Å². The van der Waals surface area contributed by atoms with Gasteiger partial charge in [0.05, 0.1) is 16.3 Å². The molecular weight excluding hydrogens is 291 g/mol. The molecule has 0 radical (unpaired) electrons. The molecule has 0 saturated carbocycles. The minimum absolute atomic E-state index is 0.0205. The van der Waals surface area contributed by atoms with E-state index in [4.69, 9.17) is 5.73 Å². The molecular formula is C15H17FN2O2S. The highest BCUT2D eigenvalue weighted by molar-refractivity contribution is 7.92. The van der Waals surface area contributed by atoms with Crippen molar-refractivity contribution in [2.24, 2.45) is 0 Å². The Morgan fingerprint density at radius 2 is 1.81 bits per heavy atom. The summed E-state index contributed by atoms with van der Waals surface area (Å²) in [7, 11) is -3.79. The predicted molar refractivity (Wildman–Crippen MR) is 82.2 cm³/mol. The number of hydrogen-bond donors (Lipinski definition) is 1. The lowest BCUT2D eigenvalue weighted by Gasteiger charge is -2.24. The van der Waals surface area contributed by atoms with Gasteiger partial charge in [0.25, 0.3) is 10.0 Å². The second-order valence-electron chi connectivity index (χ2n) is 4.64. The van der Waals surface area contributed by atoms with Crippen LogP contribution in [-0.4, -0.2) is 15.0 Å². The van der Waals surface area contributed by atoms with Crippen LogP contribution in [0.5, 0.6) is 0 Å². The van der Waals surface area contributed by atoms with Crippen LogP contribution in [-0.2, 0) is 10.0 Å². The molecule has 112 valence electrons. The molecule has 0 aliphatic heterocycles. The van der Waals surface area contributed by atoms with E-state index in [0.29, 0.717) is 11.3 Å². The summed E-state index contributed by atoms with van der Waals surface area (Å²) in [6.07, 6.45) is 0. The first-order valence-electron chi connectivity index (χ1n) is 6.51. The van der Waals surface area contributed by atoms with Crippen molar-refractivity contribution in [3.8, 4) is 0 Å². The van der Waals surface area contributed by atoms with E-state index in [-0.39, 0.29) is 17.1 Å². The molecule has 0 heterocycles. The molecule has 2 N–H and O–H groups in total. The number of rotatable bonds is 4. The van der Waals surface area contributed by atoms with E-state index >= 15 is 0 Å². The zero-order valence-corrected chi connectivity index (χ0v) is 12.7. The van der Waals surface area contributed by atoms with E-state index in [0.717, 1.165) is 6.07 Å². The summed E-state index contributed by atoms with van der Waals surface area (Å²) in [6, 6.07) is 11.1. The molecule has 0 spiro atoms. The van der Waals surface area contributed by atoms with Crippen LogP contribution < -0.4 is 10.0 Å². The number of sulfonamides is 1. The molecule has 0 aromatic heterocycles. The number of nitrogen functional groups attached to an aromatic ring is 1. The summed E-state index contributed by atoms with van der Waals surface area (Å²) >= 11 is 0. The SMILES string of the molecule is CCN(c1ccccc1)S(=O)(=O)c1cc(N)c(F)cc1C. The fourth-order valence-corrected chi connectivity index (χ4v) is 3.87. The Balaban J connectivity index is 2.58. The summed E-state index contributed by atoms with van der Waals surface area (Å²) < 4.78 is 40.3. The molecule has 0 aliphatic rings. The molecule has 2 aromatic carbocycles. The van der Waals surface area contributed by atoms with Gasteiger partial charge in [0.2, 0.25) is 0 Å². The van der Waals surface area contributed by atoms with Crippen LogP contribution in [0.3, 0.4) is 0 Å². The highest BCUT2D eigenvalue weighted by Crippen LogP contribution is 2.28. The summed E-state index contributed by atoms with van der Waals surface area (Å²) in [6.45, 7) is 3.56. The van der Waals surface area contributed by atoms with E-state index in [1.165, 1.54) is 10.4 Å². The highest BCUT2D eigenvalue weighted by Gasteiger charge is 2.26. The van der Waals surface area contributed by atoms with Crippen LogP contribution in [0.15, 0.2) is 47.4 Å². The minimum atomic E-state index is -3.79. The van der Waals surface area contributed by atoms with Gasteiger partial charge in [0, 0.05) is 6.54 Å². The van der Waals surface area contributed by atoms with E-state index in [9.17, 15) is 12.8 Å². The van der Waals surface area contributed by atoms with Crippen LogP contribution in [0, 0.1) is 12.7 Å². The molecule has 0 atom stereocenters. The van der Waals surface area contributed by atoms with Crippen molar-refractivity contribution in [2.75, 3.05) is 16.6 Å². The van der Waals surface area contributed by atoms with Gasteiger partial charge in [-0.25, -0.2) is 12.8 Å². The molecule has 2 rings (SSSR count). The van der Waals surface area contributed by atoms with E-state index in [1.807, 2.05) is 6.07 Å². The maximum absolute atomic E-state index is 13.4. The molecule has 0 saturated heterocycles. The second kappa shape index (κ2) is 5.73. The fourth-order valence-electron chi connectivity index (χ4n) is 2.15. The lowest BCUT2D eigenvalue weighted by Crippen LogP contribution is -2.31. The maximum Gasteiger partial charge on any atom is 0.264 e. The zero-order valence-electron chi connectivity index (χ0n) is 11.9. The molecule has 21 heavy (non-hydrogen) atoms. The largest absolute Gasteiger partial charge is 0.396 e. The molecule has 0 aliphatic carbocycles. The Bertz CT molecular complexity index is 746. The molecule has 2 aromatic rings. The van der Waals surface area contributed by atoms with Crippen LogP contribution in [0.2, 0.25) is 0 Å². The quantitative estimate of drug-likeness (QED) is 0.883. The fraction of sp³-hybridized carbons (Fsp3) is 0.200. The normalized spacial score (nSPS) is 11.4. The summed E-state index contributed by atoms with van der Waals surface area (Å²) in [4.78, 5) is 0.0205. The van der Waals surface area contributed by atoms with Crippen molar-refractivity contribution in [3.05, 3.63) is 53.8 Å². The summed E-state index contributed by atoms with van der Waals surface area (Å²) in [5, 5.41) is 0. The Morgan fingerprint density at radius 3 is 2.38 bits per heavy atom. The molecule has 4 nitrogen and oxygen atoms in total. The van der Waals surface area contributed by atoms with Crippen molar-refractivity contribution in [1.29, 1.82) is 0 Å². The molecule has 0 unspecified atom stereocenters. The predicted octanol–water partition coefficient (Wildman–Crippen LogP) is 2.93. The Morgan fingerprint density at radius 1 is 1.19 bits per heavy atom. The smallest absolute Gasteiger partial charge is 0.264 e. The minimum Gasteiger partial charge on any atom is -0.396 e. The van der Waals surface area contributed by atoms with Crippen LogP contribution >= 0.6 is 0 Å². The van der Waals surface area contributed by atoms with Gasteiger partial charge in [-0.1, -0.05) is 18.2 Å². The van der Waals surface area contributed by atoms with Crippen molar-refractivity contribution >= 4 is 21.4 Å². The third-order valence-corrected chi connectivity index (χ3v) is 5.24. The summed E-state index contributed by atoms with van der Waals surface area (Å²) in [5.74, 6) is -0.616. The number of aryl methyl sites for hydroxylation is 1. The molecule has 0 amide bonds. The van der Waals surface area contributed by atoms with Crippen LogP contribution in [0.1, 0.15) is 12.5 Å². The molecule has 0 bridgehead atoms. The van der Waals surface area contributed by atoms with Gasteiger partial charge in [-0.3, -0.25) is 4.31 Å². The Hall–Kier alpha value is -2.08. The average Bonchev–Trinajstić information content (AvgIpc) is 2.44. The number of nitrogens with zero attached hydrogens (tertiary/aromatic N) is 1. The van der Waals surface area contributed by atoms with Gasteiger partial charge >= 0.3 is 0 Å². The van der Waals surface area contributed by atoms with E-state index < -0.39 is 15.8 Å². The number of para-hydroxylation sites is 1. The van der Waals surface area contributed by atoms with Gasteiger partial charge in [0.1, 0.15) is 5.82 Å². The van der Waals surface area contributed by atoms with Gasteiger partial charge in [-0.2, -0.15) is 0 Å². The lowest BCUT2D eigenvalue weighted by molar-refractivity contribution is 0.590. The van der Waals surface area contributed by atoms with Crippen molar-refractivity contribution in [1.82, 2.24) is 0 Å².